The number of nitrogens with one attached hydrogen (secondary N) is 1. The summed E-state index contributed by atoms with van der Waals surface area (Å²) in [5, 5.41) is 3.11. The number of hydrogen-bond acceptors (Lipinski definition) is 2. The summed E-state index contributed by atoms with van der Waals surface area (Å²) in [4.78, 5) is 12.0. The average molecular weight is 268 g/mol. The van der Waals surface area contributed by atoms with Crippen LogP contribution in [-0.2, 0) is 4.79 Å². The summed E-state index contributed by atoms with van der Waals surface area (Å²) < 4.78 is 0. The van der Waals surface area contributed by atoms with E-state index in [2.05, 4.69) is 33.0 Å². The second-order valence-corrected chi connectivity index (χ2v) is 7.26. The zero-order chi connectivity index (χ0) is 14.5. The molecular weight excluding hydrogens is 236 g/mol. The summed E-state index contributed by atoms with van der Waals surface area (Å²) in [6.45, 7) is 9.56. The fourth-order valence-corrected chi connectivity index (χ4v) is 3.46. The van der Waals surface area contributed by atoms with Gasteiger partial charge in [0.25, 0.3) is 0 Å². The Balaban J connectivity index is 2.46. The van der Waals surface area contributed by atoms with E-state index >= 15 is 0 Å². The summed E-state index contributed by atoms with van der Waals surface area (Å²) in [6, 6.07) is -0.350. The van der Waals surface area contributed by atoms with Gasteiger partial charge in [0, 0.05) is 6.54 Å². The number of amides is 1. The summed E-state index contributed by atoms with van der Waals surface area (Å²) in [7, 11) is 0. The Hall–Kier alpha value is -0.570. The number of nitrogens with two attached hydrogens (primary N) is 1. The SMILES string of the molecule is CC(C)C[C@H](N)C(=O)NCC1(CC(C)C)CCCC1. The minimum absolute atomic E-state index is 0.0312. The average Bonchev–Trinajstić information content (AvgIpc) is 2.73. The van der Waals surface area contributed by atoms with E-state index in [9.17, 15) is 4.79 Å². The van der Waals surface area contributed by atoms with E-state index in [0.717, 1.165) is 13.0 Å². The maximum atomic E-state index is 12.0. The Bertz CT molecular complexity index is 280. The molecule has 1 atom stereocenters. The first-order chi connectivity index (χ1) is 8.84. The quantitative estimate of drug-likeness (QED) is 0.745. The molecule has 0 aromatic rings. The fourth-order valence-electron chi connectivity index (χ4n) is 3.46. The molecule has 3 heteroatoms. The van der Waals surface area contributed by atoms with Crippen LogP contribution in [0.4, 0.5) is 0 Å². The van der Waals surface area contributed by atoms with Crippen LogP contribution in [0.2, 0.25) is 0 Å². The summed E-state index contributed by atoms with van der Waals surface area (Å²) in [6.07, 6.45) is 7.10. The van der Waals surface area contributed by atoms with E-state index in [0.29, 0.717) is 17.3 Å². The molecule has 0 bridgehead atoms. The first-order valence-corrected chi connectivity index (χ1v) is 7.88. The van der Waals surface area contributed by atoms with Gasteiger partial charge < -0.3 is 11.1 Å². The largest absolute Gasteiger partial charge is 0.354 e. The lowest BCUT2D eigenvalue weighted by Gasteiger charge is -2.31. The molecule has 1 amide bonds. The highest BCUT2D eigenvalue weighted by Crippen LogP contribution is 2.42. The van der Waals surface area contributed by atoms with Crippen LogP contribution in [0, 0.1) is 17.3 Å². The zero-order valence-electron chi connectivity index (χ0n) is 13.2. The number of carbonyl (C=O) groups excluding carboxylic acids is 1. The molecule has 1 rings (SSSR count). The molecule has 1 fully saturated rings. The third-order valence-electron chi connectivity index (χ3n) is 4.21. The van der Waals surface area contributed by atoms with Crippen LogP contribution in [-0.4, -0.2) is 18.5 Å². The highest BCUT2D eigenvalue weighted by molar-refractivity contribution is 5.81. The van der Waals surface area contributed by atoms with Gasteiger partial charge in [-0.2, -0.15) is 0 Å². The van der Waals surface area contributed by atoms with Crippen molar-refractivity contribution in [2.45, 2.75) is 72.3 Å². The third-order valence-corrected chi connectivity index (χ3v) is 4.21. The zero-order valence-corrected chi connectivity index (χ0v) is 13.2. The van der Waals surface area contributed by atoms with Gasteiger partial charge >= 0.3 is 0 Å². The maximum Gasteiger partial charge on any atom is 0.236 e. The highest BCUT2D eigenvalue weighted by atomic mass is 16.2. The van der Waals surface area contributed by atoms with E-state index in [-0.39, 0.29) is 11.9 Å². The Morgan fingerprint density at radius 1 is 1.16 bits per heavy atom. The first kappa shape index (κ1) is 16.5. The summed E-state index contributed by atoms with van der Waals surface area (Å²) in [5.41, 5.74) is 6.27. The lowest BCUT2D eigenvalue weighted by molar-refractivity contribution is -0.123. The molecule has 0 radical (unpaired) electrons. The van der Waals surface area contributed by atoms with E-state index in [1.807, 2.05) is 0 Å². The monoisotopic (exact) mass is 268 g/mol. The number of rotatable bonds is 7. The molecule has 1 aliphatic carbocycles. The normalized spacial score (nSPS) is 19.9. The van der Waals surface area contributed by atoms with Crippen molar-refractivity contribution < 1.29 is 4.79 Å². The highest BCUT2D eigenvalue weighted by Gasteiger charge is 2.34. The fraction of sp³-hybridized carbons (Fsp3) is 0.938. The van der Waals surface area contributed by atoms with Gasteiger partial charge in [-0.15, -0.1) is 0 Å². The van der Waals surface area contributed by atoms with Gasteiger partial charge in [-0.25, -0.2) is 0 Å². The van der Waals surface area contributed by atoms with Gasteiger partial charge in [0.1, 0.15) is 0 Å². The van der Waals surface area contributed by atoms with Crippen LogP contribution in [0.25, 0.3) is 0 Å². The van der Waals surface area contributed by atoms with Crippen LogP contribution >= 0.6 is 0 Å². The van der Waals surface area contributed by atoms with Gasteiger partial charge in [-0.1, -0.05) is 40.5 Å². The minimum Gasteiger partial charge on any atom is -0.354 e. The van der Waals surface area contributed by atoms with Crippen molar-refractivity contribution in [2.24, 2.45) is 23.0 Å². The molecule has 3 N–H and O–H groups in total. The summed E-state index contributed by atoms with van der Waals surface area (Å²) in [5.74, 6) is 1.19. The second kappa shape index (κ2) is 7.28. The Morgan fingerprint density at radius 2 is 1.74 bits per heavy atom. The van der Waals surface area contributed by atoms with Crippen molar-refractivity contribution in [3.8, 4) is 0 Å². The predicted molar refractivity (Wildman–Crippen MR) is 80.8 cm³/mol. The molecule has 0 unspecified atom stereocenters. The van der Waals surface area contributed by atoms with E-state index in [1.54, 1.807) is 0 Å². The topological polar surface area (TPSA) is 55.1 Å². The van der Waals surface area contributed by atoms with Crippen LogP contribution in [0.15, 0.2) is 0 Å². The van der Waals surface area contributed by atoms with Crippen LogP contribution in [0.5, 0.6) is 0 Å². The van der Waals surface area contributed by atoms with Gasteiger partial charge in [0.2, 0.25) is 5.91 Å². The van der Waals surface area contributed by atoms with E-state index in [4.69, 9.17) is 5.73 Å². The van der Waals surface area contributed by atoms with Crippen molar-refractivity contribution in [3.63, 3.8) is 0 Å². The molecule has 0 spiro atoms. The Morgan fingerprint density at radius 3 is 2.21 bits per heavy atom. The molecule has 1 aliphatic rings. The molecule has 19 heavy (non-hydrogen) atoms. The lowest BCUT2D eigenvalue weighted by atomic mass is 9.78. The van der Waals surface area contributed by atoms with Crippen molar-refractivity contribution in [2.75, 3.05) is 6.54 Å². The predicted octanol–water partition coefficient (Wildman–Crippen LogP) is 3.08. The molecule has 3 nitrogen and oxygen atoms in total. The smallest absolute Gasteiger partial charge is 0.236 e. The standard InChI is InChI=1S/C16H32N2O/c1-12(2)9-14(17)15(19)18-11-16(10-13(3)4)7-5-6-8-16/h12-14H,5-11,17H2,1-4H3,(H,18,19)/t14-/m0/s1. The molecule has 0 heterocycles. The first-order valence-electron chi connectivity index (χ1n) is 7.88. The summed E-state index contributed by atoms with van der Waals surface area (Å²) >= 11 is 0. The van der Waals surface area contributed by atoms with Crippen molar-refractivity contribution >= 4 is 5.91 Å². The van der Waals surface area contributed by atoms with Crippen molar-refractivity contribution in [3.05, 3.63) is 0 Å². The molecule has 112 valence electrons. The Kier molecular flexibility index (Phi) is 6.31. The van der Waals surface area contributed by atoms with Crippen LogP contribution in [0.1, 0.15) is 66.2 Å². The van der Waals surface area contributed by atoms with Gasteiger partial charge in [0.05, 0.1) is 6.04 Å². The molecular formula is C16H32N2O. The minimum atomic E-state index is -0.350. The van der Waals surface area contributed by atoms with Crippen molar-refractivity contribution in [1.29, 1.82) is 0 Å². The molecule has 0 aromatic carbocycles. The lowest BCUT2D eigenvalue weighted by Crippen LogP contribution is -2.45. The van der Waals surface area contributed by atoms with Gasteiger partial charge in [0.15, 0.2) is 0 Å². The maximum absolute atomic E-state index is 12.0. The van der Waals surface area contributed by atoms with Crippen LogP contribution < -0.4 is 11.1 Å². The molecule has 1 saturated carbocycles. The van der Waals surface area contributed by atoms with Crippen LogP contribution in [0.3, 0.4) is 0 Å². The molecule has 0 saturated heterocycles. The Labute approximate surface area is 118 Å². The van der Waals surface area contributed by atoms with E-state index < -0.39 is 0 Å². The number of hydrogen-bond donors (Lipinski definition) is 2. The van der Waals surface area contributed by atoms with Gasteiger partial charge in [-0.3, -0.25) is 4.79 Å². The molecule has 0 aromatic heterocycles. The van der Waals surface area contributed by atoms with Gasteiger partial charge in [-0.05, 0) is 42.9 Å². The number of carbonyl (C=O) groups is 1. The molecule has 0 aliphatic heterocycles. The van der Waals surface area contributed by atoms with Crippen molar-refractivity contribution in [1.82, 2.24) is 5.32 Å². The van der Waals surface area contributed by atoms with E-state index in [1.165, 1.54) is 32.1 Å². The second-order valence-electron chi connectivity index (χ2n) is 7.26. The third kappa shape index (κ3) is 5.52.